The number of anilines is 1. The molecule has 2 aromatic rings. The summed E-state index contributed by atoms with van der Waals surface area (Å²) in [4.78, 5) is 12.2. The van der Waals surface area contributed by atoms with E-state index in [-0.39, 0.29) is 18.6 Å². The van der Waals surface area contributed by atoms with Crippen LogP contribution in [-0.2, 0) is 14.8 Å². The number of nitrogens with one attached hydrogen (secondary N) is 1. The molecule has 0 saturated carbocycles. The predicted octanol–water partition coefficient (Wildman–Crippen LogP) is 2.74. The first-order chi connectivity index (χ1) is 13.3. The van der Waals surface area contributed by atoms with E-state index < -0.39 is 10.0 Å². The monoisotopic (exact) mass is 406 g/mol. The molecule has 2 rings (SSSR count). The zero-order chi connectivity index (χ0) is 20.7. The predicted molar refractivity (Wildman–Crippen MR) is 109 cm³/mol. The Morgan fingerprint density at radius 2 is 1.79 bits per heavy atom. The standard InChI is InChI=1S/C20H26N2O5S/c1-5-22(28(4,24)25)16-10-12-17(13-11-16)27-14-20(23)21-15(2)18-8-6-7-9-19(18)26-3/h6-13,15H,5,14H2,1-4H3,(H,21,23)/t15-/m0/s1. The Morgan fingerprint density at radius 3 is 2.36 bits per heavy atom. The van der Waals surface area contributed by atoms with Gasteiger partial charge in [0.15, 0.2) is 6.61 Å². The van der Waals surface area contributed by atoms with Gasteiger partial charge in [-0.2, -0.15) is 0 Å². The lowest BCUT2D eigenvalue weighted by molar-refractivity contribution is -0.123. The fourth-order valence-corrected chi connectivity index (χ4v) is 3.82. The second kappa shape index (κ2) is 9.45. The third-order valence-electron chi connectivity index (χ3n) is 4.17. The van der Waals surface area contributed by atoms with Gasteiger partial charge in [0, 0.05) is 12.1 Å². The van der Waals surface area contributed by atoms with E-state index in [0.29, 0.717) is 23.7 Å². The quantitative estimate of drug-likeness (QED) is 0.692. The van der Waals surface area contributed by atoms with Crippen molar-refractivity contribution in [3.8, 4) is 11.5 Å². The zero-order valence-corrected chi connectivity index (χ0v) is 17.3. The summed E-state index contributed by atoms with van der Waals surface area (Å²) in [6.45, 7) is 3.82. The summed E-state index contributed by atoms with van der Waals surface area (Å²) >= 11 is 0. The lowest BCUT2D eigenvalue weighted by Crippen LogP contribution is -2.31. The van der Waals surface area contributed by atoms with Crippen molar-refractivity contribution in [2.45, 2.75) is 19.9 Å². The third kappa shape index (κ3) is 5.63. The molecule has 0 aliphatic rings. The van der Waals surface area contributed by atoms with Crippen molar-refractivity contribution in [3.05, 3.63) is 54.1 Å². The van der Waals surface area contributed by atoms with E-state index in [4.69, 9.17) is 9.47 Å². The van der Waals surface area contributed by atoms with Crippen LogP contribution in [0.15, 0.2) is 48.5 Å². The maximum Gasteiger partial charge on any atom is 0.258 e. The molecule has 152 valence electrons. The molecular weight excluding hydrogens is 380 g/mol. The molecule has 2 aromatic carbocycles. The molecule has 0 unspecified atom stereocenters. The van der Waals surface area contributed by atoms with Gasteiger partial charge in [-0.3, -0.25) is 9.10 Å². The van der Waals surface area contributed by atoms with Crippen LogP contribution in [0.4, 0.5) is 5.69 Å². The summed E-state index contributed by atoms with van der Waals surface area (Å²) in [5, 5.41) is 2.87. The normalized spacial score (nSPS) is 12.1. The number of methoxy groups -OCH3 is 1. The van der Waals surface area contributed by atoms with E-state index in [1.165, 1.54) is 4.31 Å². The van der Waals surface area contributed by atoms with Crippen LogP contribution >= 0.6 is 0 Å². The molecule has 0 radical (unpaired) electrons. The number of sulfonamides is 1. The van der Waals surface area contributed by atoms with Crippen LogP contribution in [0.3, 0.4) is 0 Å². The minimum absolute atomic E-state index is 0.150. The van der Waals surface area contributed by atoms with E-state index >= 15 is 0 Å². The summed E-state index contributed by atoms with van der Waals surface area (Å²) in [6, 6.07) is 13.8. The zero-order valence-electron chi connectivity index (χ0n) is 16.5. The summed E-state index contributed by atoms with van der Waals surface area (Å²) in [7, 11) is -1.75. The van der Waals surface area contributed by atoms with Crippen molar-refractivity contribution in [1.82, 2.24) is 5.32 Å². The van der Waals surface area contributed by atoms with Gasteiger partial charge in [-0.1, -0.05) is 18.2 Å². The van der Waals surface area contributed by atoms with Crippen LogP contribution in [0, 0.1) is 0 Å². The van der Waals surface area contributed by atoms with Gasteiger partial charge < -0.3 is 14.8 Å². The smallest absolute Gasteiger partial charge is 0.258 e. The number of rotatable bonds is 9. The van der Waals surface area contributed by atoms with Crippen LogP contribution < -0.4 is 19.1 Å². The summed E-state index contributed by atoms with van der Waals surface area (Å²) in [6.07, 6.45) is 1.16. The number of carbonyl (C=O) groups excluding carboxylic acids is 1. The van der Waals surface area contributed by atoms with Gasteiger partial charge in [0.05, 0.1) is 25.1 Å². The SMILES string of the molecule is CCN(c1ccc(OCC(=O)N[C@@H](C)c2ccccc2OC)cc1)S(C)(=O)=O. The molecule has 28 heavy (non-hydrogen) atoms. The van der Waals surface area contributed by atoms with Gasteiger partial charge in [-0.25, -0.2) is 8.42 Å². The number of amides is 1. The molecule has 0 aliphatic carbocycles. The van der Waals surface area contributed by atoms with Crippen molar-refractivity contribution in [1.29, 1.82) is 0 Å². The van der Waals surface area contributed by atoms with Crippen LogP contribution in [0.2, 0.25) is 0 Å². The maximum atomic E-state index is 12.2. The highest BCUT2D eigenvalue weighted by molar-refractivity contribution is 7.92. The molecule has 1 amide bonds. The van der Waals surface area contributed by atoms with E-state index in [9.17, 15) is 13.2 Å². The number of para-hydroxylation sites is 1. The Bertz CT molecular complexity index is 897. The molecule has 0 fully saturated rings. The second-order valence-corrected chi connectivity index (χ2v) is 8.15. The van der Waals surface area contributed by atoms with Crippen LogP contribution in [-0.4, -0.2) is 40.8 Å². The Morgan fingerprint density at radius 1 is 1.14 bits per heavy atom. The fourth-order valence-electron chi connectivity index (χ4n) is 2.85. The first-order valence-electron chi connectivity index (χ1n) is 8.89. The number of ether oxygens (including phenoxy) is 2. The largest absolute Gasteiger partial charge is 0.496 e. The van der Waals surface area contributed by atoms with Crippen LogP contribution in [0.5, 0.6) is 11.5 Å². The molecule has 1 atom stereocenters. The molecular formula is C20H26N2O5S. The topological polar surface area (TPSA) is 84.9 Å². The van der Waals surface area contributed by atoms with Crippen molar-refractivity contribution < 1.29 is 22.7 Å². The van der Waals surface area contributed by atoms with Gasteiger partial charge in [0.2, 0.25) is 10.0 Å². The van der Waals surface area contributed by atoms with E-state index in [2.05, 4.69) is 5.32 Å². The second-order valence-electron chi connectivity index (χ2n) is 6.24. The average molecular weight is 407 g/mol. The highest BCUT2D eigenvalue weighted by Crippen LogP contribution is 2.24. The average Bonchev–Trinajstić information content (AvgIpc) is 2.66. The molecule has 0 saturated heterocycles. The summed E-state index contributed by atoms with van der Waals surface area (Å²) in [5.74, 6) is 0.917. The van der Waals surface area contributed by atoms with Gasteiger partial charge >= 0.3 is 0 Å². The number of carbonyl (C=O) groups is 1. The molecule has 7 nitrogen and oxygen atoms in total. The number of hydrogen-bond acceptors (Lipinski definition) is 5. The van der Waals surface area contributed by atoms with E-state index in [0.717, 1.165) is 11.8 Å². The minimum atomic E-state index is -3.33. The van der Waals surface area contributed by atoms with Crippen molar-refractivity contribution in [3.63, 3.8) is 0 Å². The molecule has 0 bridgehead atoms. The Hall–Kier alpha value is -2.74. The third-order valence-corrected chi connectivity index (χ3v) is 5.43. The van der Waals surface area contributed by atoms with Gasteiger partial charge in [0.1, 0.15) is 11.5 Å². The van der Waals surface area contributed by atoms with Gasteiger partial charge in [-0.05, 0) is 44.2 Å². The molecule has 8 heteroatoms. The Balaban J connectivity index is 1.94. The molecule has 0 heterocycles. The van der Waals surface area contributed by atoms with E-state index in [1.54, 1.807) is 38.3 Å². The first kappa shape index (κ1) is 21.6. The number of hydrogen-bond donors (Lipinski definition) is 1. The maximum absolute atomic E-state index is 12.2. The molecule has 0 spiro atoms. The molecule has 1 N–H and O–H groups in total. The van der Waals surface area contributed by atoms with Gasteiger partial charge in [0.25, 0.3) is 5.91 Å². The molecule has 0 aromatic heterocycles. The van der Waals surface area contributed by atoms with E-state index in [1.807, 2.05) is 31.2 Å². The highest BCUT2D eigenvalue weighted by atomic mass is 32.2. The van der Waals surface area contributed by atoms with Crippen molar-refractivity contribution >= 4 is 21.6 Å². The minimum Gasteiger partial charge on any atom is -0.496 e. The van der Waals surface area contributed by atoms with Crippen molar-refractivity contribution in [2.24, 2.45) is 0 Å². The molecule has 0 aliphatic heterocycles. The van der Waals surface area contributed by atoms with Gasteiger partial charge in [-0.15, -0.1) is 0 Å². The first-order valence-corrected chi connectivity index (χ1v) is 10.7. The number of benzene rings is 2. The highest BCUT2D eigenvalue weighted by Gasteiger charge is 2.16. The Kier molecular flexibility index (Phi) is 7.28. The van der Waals surface area contributed by atoms with Crippen molar-refractivity contribution in [2.75, 3.05) is 30.8 Å². The lowest BCUT2D eigenvalue weighted by atomic mass is 10.1. The fraction of sp³-hybridized carbons (Fsp3) is 0.350. The van der Waals surface area contributed by atoms with Crippen LogP contribution in [0.25, 0.3) is 0 Å². The lowest BCUT2D eigenvalue weighted by Gasteiger charge is -2.20. The summed E-state index contributed by atoms with van der Waals surface area (Å²) in [5.41, 5.74) is 1.43. The summed E-state index contributed by atoms with van der Waals surface area (Å²) < 4.78 is 35.6. The number of nitrogens with zero attached hydrogens (tertiary/aromatic N) is 1. The van der Waals surface area contributed by atoms with Crippen LogP contribution in [0.1, 0.15) is 25.5 Å². The Labute approximate surface area is 166 Å².